The Labute approximate surface area is 199 Å². The Hall–Kier alpha value is -2.65. The average molecular weight is 563 g/mol. The van der Waals surface area contributed by atoms with Crippen LogP contribution in [0.2, 0.25) is 5.02 Å². The van der Waals surface area contributed by atoms with Crippen LogP contribution in [0.25, 0.3) is 0 Å². The first kappa shape index (κ1) is 22.5. The first-order valence-corrected chi connectivity index (χ1v) is 14.4. The van der Waals surface area contributed by atoms with Crippen LogP contribution in [0, 0.1) is 3.57 Å². The maximum atomic E-state index is 11.8. The zero-order valence-corrected chi connectivity index (χ0v) is 21.0. The van der Waals surface area contributed by atoms with Crippen LogP contribution in [0.4, 0.5) is 11.4 Å². The average Bonchev–Trinajstić information content (AvgIpc) is 3.15. The predicted molar refractivity (Wildman–Crippen MR) is 139 cm³/mol. The summed E-state index contributed by atoms with van der Waals surface area (Å²) in [4.78, 5) is 20.8. The molecular formula is C24H24ClIN4O2. The fourth-order valence-electron chi connectivity index (χ4n) is 3.35. The molecule has 0 atom stereocenters. The van der Waals surface area contributed by atoms with Gasteiger partial charge in [0.25, 0.3) is 0 Å². The SMILES string of the molecule is CCc1cc(NC2=Nc3cc(Oc4ccnc(C(=O)NC)c4)ccc3I2CC)ccc1Cl. The van der Waals surface area contributed by atoms with E-state index in [-0.39, 0.29) is 5.91 Å². The monoisotopic (exact) mass is 562 g/mol. The molecule has 4 rings (SSSR count). The molecule has 166 valence electrons. The van der Waals surface area contributed by atoms with E-state index in [1.165, 1.54) is 3.57 Å². The van der Waals surface area contributed by atoms with Crippen molar-refractivity contribution in [2.45, 2.75) is 20.3 Å². The van der Waals surface area contributed by atoms with Gasteiger partial charge >= 0.3 is 201 Å². The molecule has 2 heterocycles. The number of pyridine rings is 1. The summed E-state index contributed by atoms with van der Waals surface area (Å²) >= 11 is 4.64. The van der Waals surface area contributed by atoms with E-state index in [0.717, 1.165) is 36.7 Å². The number of hydrogen-bond acceptors (Lipinski definition) is 5. The van der Waals surface area contributed by atoms with Crippen LogP contribution in [0.5, 0.6) is 11.5 Å². The molecule has 1 aromatic heterocycles. The first-order chi connectivity index (χ1) is 15.5. The van der Waals surface area contributed by atoms with Crippen LogP contribution in [0.15, 0.2) is 59.7 Å². The molecule has 2 aromatic carbocycles. The second-order valence-electron chi connectivity index (χ2n) is 6.99. The Morgan fingerprint density at radius 1 is 1.09 bits per heavy atom. The Balaban J connectivity index is 1.57. The molecule has 0 fully saturated rings. The van der Waals surface area contributed by atoms with Crippen LogP contribution >= 0.6 is 31.4 Å². The van der Waals surface area contributed by atoms with Gasteiger partial charge in [-0.3, -0.25) is 0 Å². The van der Waals surface area contributed by atoms with Crippen molar-refractivity contribution >= 4 is 52.5 Å². The van der Waals surface area contributed by atoms with Crippen LogP contribution in [-0.2, 0) is 6.42 Å². The van der Waals surface area contributed by atoms with Crippen LogP contribution in [-0.4, -0.2) is 26.2 Å². The number of anilines is 1. The molecule has 0 saturated carbocycles. The summed E-state index contributed by atoms with van der Waals surface area (Å²) in [7, 11) is 1.57. The van der Waals surface area contributed by atoms with Gasteiger partial charge in [-0.05, 0) is 0 Å². The molecule has 1 aliphatic rings. The van der Waals surface area contributed by atoms with Gasteiger partial charge in [0.1, 0.15) is 0 Å². The van der Waals surface area contributed by atoms with Gasteiger partial charge < -0.3 is 0 Å². The molecule has 1 amide bonds. The van der Waals surface area contributed by atoms with Crippen molar-refractivity contribution in [3.05, 3.63) is 74.6 Å². The number of benzene rings is 2. The van der Waals surface area contributed by atoms with E-state index < -0.39 is 19.8 Å². The minimum absolute atomic E-state index is 0.254. The number of aliphatic imine (C=N–C) groups is 1. The van der Waals surface area contributed by atoms with Crippen molar-refractivity contribution in [3.63, 3.8) is 0 Å². The van der Waals surface area contributed by atoms with Gasteiger partial charge in [0.15, 0.2) is 0 Å². The molecule has 0 unspecified atom stereocenters. The number of nitrogens with one attached hydrogen (secondary N) is 2. The molecule has 1 aliphatic heterocycles. The quantitative estimate of drug-likeness (QED) is 0.211. The van der Waals surface area contributed by atoms with Crippen molar-refractivity contribution in [3.8, 4) is 11.5 Å². The van der Waals surface area contributed by atoms with Crippen LogP contribution in [0.1, 0.15) is 29.9 Å². The van der Waals surface area contributed by atoms with Gasteiger partial charge in [-0.2, -0.15) is 0 Å². The normalized spacial score (nSPS) is 13.4. The number of carbonyl (C=O) groups excluding carboxylic acids is 1. The van der Waals surface area contributed by atoms with E-state index in [2.05, 4.69) is 41.6 Å². The zero-order chi connectivity index (χ0) is 22.7. The molecule has 6 nitrogen and oxygen atoms in total. The molecule has 0 spiro atoms. The number of aromatic nitrogens is 1. The summed E-state index contributed by atoms with van der Waals surface area (Å²) in [5.74, 6) is 0.975. The van der Waals surface area contributed by atoms with Gasteiger partial charge in [0, 0.05) is 0 Å². The summed E-state index contributed by atoms with van der Waals surface area (Å²) in [6, 6.07) is 15.4. The zero-order valence-electron chi connectivity index (χ0n) is 18.1. The van der Waals surface area contributed by atoms with Crippen molar-refractivity contribution in [2.75, 3.05) is 16.8 Å². The van der Waals surface area contributed by atoms with E-state index in [1.807, 2.05) is 24.3 Å². The second-order valence-corrected chi connectivity index (χ2v) is 13.2. The third-order valence-corrected chi connectivity index (χ3v) is 10.9. The molecule has 0 aliphatic carbocycles. The fraction of sp³-hybridized carbons (Fsp3) is 0.208. The third-order valence-electron chi connectivity index (χ3n) is 4.97. The van der Waals surface area contributed by atoms with Gasteiger partial charge in [-0.1, -0.05) is 0 Å². The van der Waals surface area contributed by atoms with E-state index in [1.54, 1.807) is 25.4 Å². The Morgan fingerprint density at radius 3 is 2.66 bits per heavy atom. The molecule has 32 heavy (non-hydrogen) atoms. The number of rotatable bonds is 6. The number of alkyl halides is 1. The van der Waals surface area contributed by atoms with Crippen molar-refractivity contribution in [2.24, 2.45) is 4.99 Å². The van der Waals surface area contributed by atoms with E-state index in [4.69, 9.17) is 21.3 Å². The number of carbonyl (C=O) groups is 1. The number of aryl methyl sites for hydroxylation is 1. The van der Waals surface area contributed by atoms with Crippen LogP contribution < -0.4 is 15.4 Å². The topological polar surface area (TPSA) is 75.6 Å². The van der Waals surface area contributed by atoms with E-state index in [0.29, 0.717) is 17.2 Å². The van der Waals surface area contributed by atoms with Crippen molar-refractivity contribution < 1.29 is 9.53 Å². The Bertz CT molecular complexity index is 1200. The number of nitrogens with zero attached hydrogens (tertiary/aromatic N) is 2. The van der Waals surface area contributed by atoms with Crippen LogP contribution in [0.3, 0.4) is 0 Å². The van der Waals surface area contributed by atoms with Gasteiger partial charge in [0.05, 0.1) is 0 Å². The molecule has 3 aromatic rings. The van der Waals surface area contributed by atoms with E-state index in [9.17, 15) is 4.79 Å². The Morgan fingerprint density at radius 2 is 1.91 bits per heavy atom. The van der Waals surface area contributed by atoms with Crippen molar-refractivity contribution in [1.29, 1.82) is 0 Å². The summed E-state index contributed by atoms with van der Waals surface area (Å²) in [5.41, 5.74) is 3.39. The maximum absolute atomic E-state index is 11.8. The number of fused-ring (bicyclic) bond motifs is 1. The molecule has 0 saturated heterocycles. The molecule has 2 N–H and O–H groups in total. The molecule has 8 heteroatoms. The number of ether oxygens (including phenoxy) is 1. The first-order valence-electron chi connectivity index (χ1n) is 10.3. The molecule has 0 bridgehead atoms. The van der Waals surface area contributed by atoms with E-state index >= 15 is 0 Å². The summed E-state index contributed by atoms with van der Waals surface area (Å²) in [5, 5.41) is 6.91. The third kappa shape index (κ3) is 4.73. The number of amidine groups is 1. The number of amides is 1. The standard InChI is InChI=1S/C24H24ClIN4O2/c1-4-15-12-16(6-8-19(15)25)29-24-26(5-2)20-9-7-17(13-21(20)30-24)32-18-10-11-28-22(14-18)23(31)27-3/h6-14H,4-5H2,1-3H3,(H,27,31)(H,29,30). The number of hydrogen-bond donors (Lipinski definition) is 2. The van der Waals surface area contributed by atoms with Gasteiger partial charge in [0.2, 0.25) is 0 Å². The Kier molecular flexibility index (Phi) is 6.95. The summed E-state index contributed by atoms with van der Waals surface area (Å²) in [6.45, 7) is 4.32. The van der Waals surface area contributed by atoms with Crippen molar-refractivity contribution in [1.82, 2.24) is 10.3 Å². The van der Waals surface area contributed by atoms with Gasteiger partial charge in [-0.15, -0.1) is 0 Å². The summed E-state index contributed by atoms with van der Waals surface area (Å²) in [6.07, 6.45) is 2.44. The second kappa shape index (κ2) is 9.87. The molecule has 0 radical (unpaired) electrons. The predicted octanol–water partition coefficient (Wildman–Crippen LogP) is 6.26. The fourth-order valence-corrected chi connectivity index (χ4v) is 8.44. The summed E-state index contributed by atoms with van der Waals surface area (Å²) < 4.78 is 9.46. The minimum atomic E-state index is -1.63. The number of halogens is 2. The molecular weight excluding hydrogens is 539 g/mol. The van der Waals surface area contributed by atoms with Gasteiger partial charge in [-0.25, -0.2) is 0 Å².